The van der Waals surface area contributed by atoms with Crippen molar-refractivity contribution in [2.24, 2.45) is 0 Å². The summed E-state index contributed by atoms with van der Waals surface area (Å²) in [5.74, 6) is -1.15. The molecule has 0 bridgehead atoms. The van der Waals surface area contributed by atoms with Gasteiger partial charge in [0.05, 0.1) is 24.2 Å². The van der Waals surface area contributed by atoms with Crippen molar-refractivity contribution < 1.29 is 28.2 Å². The zero-order valence-corrected chi connectivity index (χ0v) is 13.3. The van der Waals surface area contributed by atoms with Gasteiger partial charge in [0.25, 0.3) is 0 Å². The zero-order valence-electron chi connectivity index (χ0n) is 11.6. The first-order valence-corrected chi connectivity index (χ1v) is 8.61. The van der Waals surface area contributed by atoms with E-state index >= 15 is 0 Å². The monoisotopic (exact) mass is 335 g/mol. The summed E-state index contributed by atoms with van der Waals surface area (Å²) in [4.78, 5) is 11.4. The lowest BCUT2D eigenvalue weighted by Crippen LogP contribution is -2.51. The number of hydrogen-bond acceptors (Lipinski definition) is 6. The number of carbonyl (C=O) groups is 1. The van der Waals surface area contributed by atoms with Crippen LogP contribution in [-0.4, -0.2) is 60.8 Å². The average molecular weight is 335 g/mol. The van der Waals surface area contributed by atoms with Crippen molar-refractivity contribution in [3.8, 4) is 0 Å². The van der Waals surface area contributed by atoms with Crippen LogP contribution in [0.4, 0.5) is 0 Å². The molecular weight excluding hydrogens is 318 g/mol. The Morgan fingerprint density at radius 1 is 1.57 bits per heavy atom. The van der Waals surface area contributed by atoms with Gasteiger partial charge < -0.3 is 14.9 Å². The minimum Gasteiger partial charge on any atom is -0.477 e. The molecule has 1 fully saturated rings. The molecule has 1 aromatic heterocycles. The summed E-state index contributed by atoms with van der Waals surface area (Å²) in [6.45, 7) is 3.28. The minimum absolute atomic E-state index is 0.00862. The van der Waals surface area contributed by atoms with Crippen LogP contribution in [-0.2, 0) is 14.8 Å². The molecule has 1 aliphatic heterocycles. The summed E-state index contributed by atoms with van der Waals surface area (Å²) in [6, 6.07) is 0.818. The van der Waals surface area contributed by atoms with Gasteiger partial charge in [0.2, 0.25) is 10.0 Å². The Labute approximate surface area is 126 Å². The number of aryl methyl sites for hydroxylation is 1. The molecule has 2 atom stereocenters. The average Bonchev–Trinajstić information content (AvgIpc) is 2.82. The number of ether oxygens (including phenoxy) is 1. The van der Waals surface area contributed by atoms with Crippen LogP contribution < -0.4 is 0 Å². The van der Waals surface area contributed by atoms with Crippen LogP contribution in [0.25, 0.3) is 0 Å². The van der Waals surface area contributed by atoms with E-state index in [0.717, 1.165) is 11.3 Å². The molecule has 0 amide bonds. The molecule has 118 valence electrons. The molecule has 1 aromatic rings. The third kappa shape index (κ3) is 3.11. The number of morpholine rings is 1. The molecule has 2 N–H and O–H groups in total. The number of carboxylic acids is 1. The van der Waals surface area contributed by atoms with Gasteiger partial charge >= 0.3 is 5.97 Å². The van der Waals surface area contributed by atoms with Crippen molar-refractivity contribution in [3.63, 3.8) is 0 Å². The van der Waals surface area contributed by atoms with Crippen LogP contribution in [0.5, 0.6) is 0 Å². The van der Waals surface area contributed by atoms with Gasteiger partial charge in [-0.15, -0.1) is 11.3 Å². The van der Waals surface area contributed by atoms with Crippen molar-refractivity contribution in [2.45, 2.75) is 30.9 Å². The molecular formula is C12H17NO6S2. The number of aliphatic hydroxyl groups is 1. The van der Waals surface area contributed by atoms with Crippen LogP contribution in [0.3, 0.4) is 0 Å². The third-order valence-corrected chi connectivity index (χ3v) is 6.60. The molecule has 2 heterocycles. The third-order valence-electron chi connectivity index (χ3n) is 3.32. The standard InChI is InChI=1S/C12H17NO6S2/c1-7-6-19-9(5-14)4-13(7)21(17,18)11-3-10(12(15)16)20-8(11)2/h3,7,9,14H,4-6H2,1-2H3,(H,15,16). The first-order valence-electron chi connectivity index (χ1n) is 6.35. The van der Waals surface area contributed by atoms with E-state index in [2.05, 4.69) is 0 Å². The molecule has 0 radical (unpaired) electrons. The van der Waals surface area contributed by atoms with E-state index in [0.29, 0.717) is 4.88 Å². The van der Waals surface area contributed by atoms with E-state index in [-0.39, 0.29) is 35.6 Å². The summed E-state index contributed by atoms with van der Waals surface area (Å²) >= 11 is 0.935. The SMILES string of the molecule is Cc1sc(C(=O)O)cc1S(=O)(=O)N1CC(CO)OCC1C. The zero-order chi connectivity index (χ0) is 15.8. The Bertz CT molecular complexity index is 638. The number of aromatic carboxylic acids is 1. The number of rotatable bonds is 4. The van der Waals surface area contributed by atoms with Crippen LogP contribution in [0.15, 0.2) is 11.0 Å². The van der Waals surface area contributed by atoms with Crippen LogP contribution in [0, 0.1) is 6.92 Å². The van der Waals surface area contributed by atoms with Gasteiger partial charge in [0.15, 0.2) is 0 Å². The molecule has 0 aromatic carbocycles. The Kier molecular flexibility index (Phi) is 4.69. The lowest BCUT2D eigenvalue weighted by Gasteiger charge is -2.36. The fraction of sp³-hybridized carbons (Fsp3) is 0.583. The molecule has 1 aliphatic rings. The number of nitrogens with zero attached hydrogens (tertiary/aromatic N) is 1. The minimum atomic E-state index is -3.81. The number of sulfonamides is 1. The predicted octanol–water partition coefficient (Wildman–Crippen LogP) is 0.525. The summed E-state index contributed by atoms with van der Waals surface area (Å²) < 4.78 is 32.0. The summed E-state index contributed by atoms with van der Waals surface area (Å²) in [7, 11) is -3.81. The van der Waals surface area contributed by atoms with E-state index in [1.54, 1.807) is 13.8 Å². The fourth-order valence-corrected chi connectivity index (χ4v) is 5.24. The van der Waals surface area contributed by atoms with Crippen molar-refractivity contribution in [1.29, 1.82) is 0 Å². The highest BCUT2D eigenvalue weighted by molar-refractivity contribution is 7.89. The van der Waals surface area contributed by atoms with Gasteiger partial charge in [0, 0.05) is 17.5 Å². The van der Waals surface area contributed by atoms with E-state index in [1.165, 1.54) is 10.4 Å². The van der Waals surface area contributed by atoms with Crippen LogP contribution in [0.2, 0.25) is 0 Å². The second-order valence-electron chi connectivity index (χ2n) is 4.90. The second kappa shape index (κ2) is 6.01. The summed E-state index contributed by atoms with van der Waals surface area (Å²) in [5, 5.41) is 18.1. The van der Waals surface area contributed by atoms with Gasteiger partial charge in [-0.2, -0.15) is 4.31 Å². The second-order valence-corrected chi connectivity index (χ2v) is 8.01. The van der Waals surface area contributed by atoms with Crippen molar-refractivity contribution in [2.75, 3.05) is 19.8 Å². The highest BCUT2D eigenvalue weighted by Gasteiger charge is 2.37. The maximum Gasteiger partial charge on any atom is 0.345 e. The van der Waals surface area contributed by atoms with Gasteiger partial charge in [-0.05, 0) is 19.9 Å². The Morgan fingerprint density at radius 3 is 2.76 bits per heavy atom. The van der Waals surface area contributed by atoms with Crippen molar-refractivity contribution in [3.05, 3.63) is 15.8 Å². The molecule has 2 rings (SSSR count). The van der Waals surface area contributed by atoms with Crippen molar-refractivity contribution in [1.82, 2.24) is 4.31 Å². The van der Waals surface area contributed by atoms with Gasteiger partial charge in [-0.3, -0.25) is 0 Å². The van der Waals surface area contributed by atoms with E-state index in [4.69, 9.17) is 14.9 Å². The van der Waals surface area contributed by atoms with E-state index in [9.17, 15) is 13.2 Å². The topological polar surface area (TPSA) is 104 Å². The predicted molar refractivity (Wildman–Crippen MR) is 76.2 cm³/mol. The number of thiophene rings is 1. The summed E-state index contributed by atoms with van der Waals surface area (Å²) in [5.41, 5.74) is 0. The molecule has 0 saturated carbocycles. The van der Waals surface area contributed by atoms with E-state index < -0.39 is 22.1 Å². The maximum absolute atomic E-state index is 12.7. The normalized spacial score (nSPS) is 24.1. The van der Waals surface area contributed by atoms with Gasteiger partial charge in [-0.1, -0.05) is 0 Å². The first-order chi connectivity index (χ1) is 9.77. The smallest absolute Gasteiger partial charge is 0.345 e. The van der Waals surface area contributed by atoms with Gasteiger partial charge in [-0.25, -0.2) is 13.2 Å². The Hall–Kier alpha value is -1.00. The highest BCUT2D eigenvalue weighted by Crippen LogP contribution is 2.30. The van der Waals surface area contributed by atoms with Crippen LogP contribution >= 0.6 is 11.3 Å². The number of carboxylic acid groups (broad SMARTS) is 1. The lowest BCUT2D eigenvalue weighted by molar-refractivity contribution is -0.0516. The molecule has 0 aliphatic carbocycles. The maximum atomic E-state index is 12.7. The lowest BCUT2D eigenvalue weighted by atomic mass is 10.2. The molecule has 2 unspecified atom stereocenters. The quantitative estimate of drug-likeness (QED) is 0.831. The van der Waals surface area contributed by atoms with Gasteiger partial charge in [0.1, 0.15) is 4.88 Å². The Balaban J connectivity index is 2.38. The first kappa shape index (κ1) is 16.4. The highest BCUT2D eigenvalue weighted by atomic mass is 32.2. The molecule has 7 nitrogen and oxygen atoms in total. The van der Waals surface area contributed by atoms with Crippen molar-refractivity contribution >= 4 is 27.3 Å². The Morgan fingerprint density at radius 2 is 2.24 bits per heavy atom. The molecule has 9 heteroatoms. The summed E-state index contributed by atoms with van der Waals surface area (Å²) in [6.07, 6.45) is -0.561. The number of aliphatic hydroxyl groups excluding tert-OH is 1. The molecule has 21 heavy (non-hydrogen) atoms. The largest absolute Gasteiger partial charge is 0.477 e. The van der Waals surface area contributed by atoms with Crippen LogP contribution in [0.1, 0.15) is 21.5 Å². The molecule has 0 spiro atoms. The molecule has 1 saturated heterocycles. The number of hydrogen-bond donors (Lipinski definition) is 2. The van der Waals surface area contributed by atoms with E-state index in [1.807, 2.05) is 0 Å². The fourth-order valence-electron chi connectivity index (χ4n) is 2.19.